The molecule has 2 aromatic carbocycles. The van der Waals surface area contributed by atoms with Crippen LogP contribution >= 0.6 is 0 Å². The van der Waals surface area contributed by atoms with Gasteiger partial charge in [0.1, 0.15) is 0 Å². The van der Waals surface area contributed by atoms with Crippen molar-refractivity contribution in [3.8, 4) is 0 Å². The van der Waals surface area contributed by atoms with Gasteiger partial charge < -0.3 is 14.8 Å². The quantitative estimate of drug-likeness (QED) is 0.593. The lowest BCUT2D eigenvalue weighted by molar-refractivity contribution is -0.123. The molecule has 0 fully saturated rings. The average molecular weight is 448 g/mol. The first kappa shape index (κ1) is 24.0. The van der Waals surface area contributed by atoms with Crippen molar-refractivity contribution in [3.05, 3.63) is 59.7 Å². The normalized spacial score (nSPS) is 12.2. The van der Waals surface area contributed by atoms with Crippen molar-refractivity contribution in [2.45, 2.75) is 37.8 Å². The van der Waals surface area contributed by atoms with Crippen LogP contribution in [0.5, 0.6) is 0 Å². The molecule has 2 aromatic rings. The number of ether oxygens (including phenoxy) is 2. The molecule has 9 nitrogen and oxygen atoms in total. The summed E-state index contributed by atoms with van der Waals surface area (Å²) in [5, 5.41) is 2.56. The molecule has 0 saturated carbocycles. The summed E-state index contributed by atoms with van der Waals surface area (Å²) in [5.41, 5.74) is 0.789. The van der Waals surface area contributed by atoms with Crippen molar-refractivity contribution in [2.75, 3.05) is 12.4 Å². The molecule has 0 aliphatic heterocycles. The van der Waals surface area contributed by atoms with E-state index in [0.717, 1.165) is 0 Å². The Morgan fingerprint density at radius 3 is 1.84 bits per heavy atom. The molecule has 0 spiro atoms. The zero-order chi connectivity index (χ0) is 23.2. The van der Waals surface area contributed by atoms with E-state index in [4.69, 9.17) is 4.74 Å². The van der Waals surface area contributed by atoms with Crippen LogP contribution in [0.1, 0.15) is 41.5 Å². The number of esters is 2. The Morgan fingerprint density at radius 2 is 1.35 bits per heavy atom. The molecule has 0 bridgehead atoms. The van der Waals surface area contributed by atoms with E-state index in [0.29, 0.717) is 5.69 Å². The number of carbonyl (C=O) groups is 3. The summed E-state index contributed by atoms with van der Waals surface area (Å²) < 4.78 is 36.5. The summed E-state index contributed by atoms with van der Waals surface area (Å²) in [6, 6.07) is 11.0. The fourth-order valence-electron chi connectivity index (χ4n) is 2.48. The predicted octanol–water partition coefficient (Wildman–Crippen LogP) is 2.34. The number of anilines is 1. The lowest BCUT2D eigenvalue weighted by Gasteiger charge is -2.14. The van der Waals surface area contributed by atoms with Crippen LogP contribution in [0, 0.1) is 0 Å². The standard InChI is InChI=1S/C21H24N2O7S/c1-13(2)23-31(27,28)18-11-9-17(10-12-18)22-19(24)14(3)30-21(26)16-7-5-15(6-8-16)20(25)29-4/h5-14,23H,1-4H3,(H,22,24). The van der Waals surface area contributed by atoms with Gasteiger partial charge in [-0.3, -0.25) is 4.79 Å². The Labute approximate surface area is 180 Å². The highest BCUT2D eigenvalue weighted by molar-refractivity contribution is 7.89. The highest BCUT2D eigenvalue weighted by Gasteiger charge is 2.20. The SMILES string of the molecule is COC(=O)c1ccc(C(=O)OC(C)C(=O)Nc2ccc(S(=O)(=O)NC(C)C)cc2)cc1. The number of rotatable bonds is 8. The van der Waals surface area contributed by atoms with Crippen LogP contribution in [0.2, 0.25) is 0 Å². The van der Waals surface area contributed by atoms with E-state index in [1.807, 2.05) is 0 Å². The molecule has 0 heterocycles. The number of hydrogen-bond donors (Lipinski definition) is 2. The summed E-state index contributed by atoms with van der Waals surface area (Å²) in [6.45, 7) is 4.83. The average Bonchev–Trinajstić information content (AvgIpc) is 2.72. The van der Waals surface area contributed by atoms with Crippen LogP contribution in [0.4, 0.5) is 5.69 Å². The fraction of sp³-hybridized carbons (Fsp3) is 0.286. The minimum atomic E-state index is -3.64. The predicted molar refractivity (Wildman–Crippen MR) is 113 cm³/mol. The maximum absolute atomic E-state index is 12.3. The van der Waals surface area contributed by atoms with Gasteiger partial charge in [-0.1, -0.05) is 0 Å². The summed E-state index contributed by atoms with van der Waals surface area (Å²) >= 11 is 0. The molecular weight excluding hydrogens is 424 g/mol. The first-order valence-electron chi connectivity index (χ1n) is 9.36. The van der Waals surface area contributed by atoms with Crippen molar-refractivity contribution in [1.82, 2.24) is 4.72 Å². The number of nitrogens with one attached hydrogen (secondary N) is 2. The van der Waals surface area contributed by atoms with E-state index >= 15 is 0 Å². The van der Waals surface area contributed by atoms with E-state index in [2.05, 4.69) is 14.8 Å². The van der Waals surface area contributed by atoms with Gasteiger partial charge in [-0.15, -0.1) is 0 Å². The minimum Gasteiger partial charge on any atom is -0.465 e. The van der Waals surface area contributed by atoms with Gasteiger partial charge in [0.25, 0.3) is 5.91 Å². The van der Waals surface area contributed by atoms with E-state index in [1.165, 1.54) is 62.6 Å². The van der Waals surface area contributed by atoms with Gasteiger partial charge in [-0.2, -0.15) is 0 Å². The summed E-state index contributed by atoms with van der Waals surface area (Å²) in [7, 11) is -2.39. The molecule has 1 unspecified atom stereocenters. The molecule has 166 valence electrons. The Bertz CT molecular complexity index is 1050. The first-order valence-corrected chi connectivity index (χ1v) is 10.8. The minimum absolute atomic E-state index is 0.0640. The summed E-state index contributed by atoms with van der Waals surface area (Å²) in [6.07, 6.45) is -1.11. The first-order chi connectivity index (χ1) is 14.5. The van der Waals surface area contributed by atoms with Gasteiger partial charge in [0, 0.05) is 11.7 Å². The van der Waals surface area contributed by atoms with Gasteiger partial charge in [0.05, 0.1) is 23.1 Å². The van der Waals surface area contributed by atoms with E-state index in [9.17, 15) is 22.8 Å². The van der Waals surface area contributed by atoms with Crippen LogP contribution in [-0.4, -0.2) is 45.5 Å². The topological polar surface area (TPSA) is 128 Å². The molecule has 0 radical (unpaired) electrons. The van der Waals surface area contributed by atoms with Crippen LogP contribution in [0.25, 0.3) is 0 Å². The molecule has 1 amide bonds. The number of benzene rings is 2. The summed E-state index contributed by atoms with van der Waals surface area (Å²) in [5.74, 6) is -1.86. The molecule has 0 aliphatic carbocycles. The lowest BCUT2D eigenvalue weighted by atomic mass is 10.1. The van der Waals surface area contributed by atoms with Crippen molar-refractivity contribution >= 4 is 33.6 Å². The number of amides is 1. The molecule has 10 heteroatoms. The lowest BCUT2D eigenvalue weighted by Crippen LogP contribution is -2.30. The van der Waals surface area contributed by atoms with E-state index in [-0.39, 0.29) is 22.1 Å². The van der Waals surface area contributed by atoms with Crippen LogP contribution in [0.15, 0.2) is 53.4 Å². The highest BCUT2D eigenvalue weighted by atomic mass is 32.2. The molecule has 2 rings (SSSR count). The summed E-state index contributed by atoms with van der Waals surface area (Å²) in [4.78, 5) is 36.0. The van der Waals surface area contributed by atoms with Gasteiger partial charge in [-0.25, -0.2) is 22.7 Å². The van der Waals surface area contributed by atoms with Gasteiger partial charge in [0.2, 0.25) is 10.0 Å². The van der Waals surface area contributed by atoms with Crippen molar-refractivity contribution in [2.24, 2.45) is 0 Å². The third-order valence-corrected chi connectivity index (χ3v) is 5.69. The van der Waals surface area contributed by atoms with Crippen molar-refractivity contribution in [3.63, 3.8) is 0 Å². The highest BCUT2D eigenvalue weighted by Crippen LogP contribution is 2.15. The Kier molecular flexibility index (Phi) is 7.89. The monoisotopic (exact) mass is 448 g/mol. The molecule has 31 heavy (non-hydrogen) atoms. The van der Waals surface area contributed by atoms with Crippen LogP contribution < -0.4 is 10.0 Å². The molecule has 0 aliphatic rings. The van der Waals surface area contributed by atoms with Gasteiger partial charge >= 0.3 is 11.9 Å². The zero-order valence-electron chi connectivity index (χ0n) is 17.5. The van der Waals surface area contributed by atoms with Crippen LogP contribution in [0.3, 0.4) is 0 Å². The molecule has 1 atom stereocenters. The Balaban J connectivity index is 1.97. The van der Waals surface area contributed by atoms with Crippen molar-refractivity contribution < 1.29 is 32.3 Å². The van der Waals surface area contributed by atoms with E-state index in [1.54, 1.807) is 13.8 Å². The van der Waals surface area contributed by atoms with Crippen LogP contribution in [-0.2, 0) is 24.3 Å². The van der Waals surface area contributed by atoms with Gasteiger partial charge in [0.15, 0.2) is 6.10 Å². The number of hydrogen-bond acceptors (Lipinski definition) is 7. The number of sulfonamides is 1. The Hall–Kier alpha value is -3.24. The molecular formula is C21H24N2O7S. The number of carbonyl (C=O) groups excluding carboxylic acids is 3. The third-order valence-electron chi connectivity index (χ3n) is 4.02. The fourth-order valence-corrected chi connectivity index (χ4v) is 3.73. The second-order valence-electron chi connectivity index (χ2n) is 6.91. The van der Waals surface area contributed by atoms with Gasteiger partial charge in [-0.05, 0) is 69.3 Å². The molecule has 0 aromatic heterocycles. The van der Waals surface area contributed by atoms with E-state index < -0.39 is 34.0 Å². The third kappa shape index (κ3) is 6.63. The maximum Gasteiger partial charge on any atom is 0.338 e. The maximum atomic E-state index is 12.3. The van der Waals surface area contributed by atoms with Crippen molar-refractivity contribution in [1.29, 1.82) is 0 Å². The largest absolute Gasteiger partial charge is 0.465 e. The Morgan fingerprint density at radius 1 is 0.839 bits per heavy atom. The smallest absolute Gasteiger partial charge is 0.338 e. The zero-order valence-corrected chi connectivity index (χ0v) is 18.4. The second-order valence-corrected chi connectivity index (χ2v) is 8.62. The second kappa shape index (κ2) is 10.2. The molecule has 0 saturated heterocycles. The molecule has 2 N–H and O–H groups in total. The number of methoxy groups -OCH3 is 1.